The van der Waals surface area contributed by atoms with Crippen molar-refractivity contribution in [2.45, 2.75) is 5.51 Å². The van der Waals surface area contributed by atoms with Crippen molar-refractivity contribution >= 4 is 89.1 Å². The lowest BCUT2D eigenvalue weighted by atomic mass is 10.0. The molecule has 6 aromatic rings. The first-order chi connectivity index (χ1) is 16.6. The smallest absolute Gasteiger partial charge is 0.376 e. The highest BCUT2D eigenvalue weighted by atomic mass is 79.9. The minimum Gasteiger partial charge on any atom is -0.376 e. The third-order valence-corrected chi connectivity index (χ3v) is 9.94. The van der Waals surface area contributed by atoms with E-state index in [1.165, 1.54) is 38.3 Å². The predicted molar refractivity (Wildman–Crippen MR) is 141 cm³/mol. The molecule has 3 nitrogen and oxygen atoms in total. The van der Waals surface area contributed by atoms with Crippen molar-refractivity contribution in [1.82, 2.24) is 0 Å². The van der Waals surface area contributed by atoms with Crippen molar-refractivity contribution in [3.8, 4) is 16.9 Å². The van der Waals surface area contributed by atoms with Crippen LogP contribution in [0.25, 0.3) is 51.5 Å². The molecule has 0 amide bonds. The van der Waals surface area contributed by atoms with E-state index in [2.05, 4.69) is 44.4 Å². The SMILES string of the molecule is O=S(=O)(Oc1cc(Br)c2sc3ccc(-c4ccc5sc6ccccc6c5c4)cc3c2c1)C(F)(F)F. The van der Waals surface area contributed by atoms with E-state index in [1.54, 1.807) is 11.3 Å². The second-order valence-electron chi connectivity index (χ2n) is 7.89. The van der Waals surface area contributed by atoms with Crippen LogP contribution in [0.3, 0.4) is 0 Å². The van der Waals surface area contributed by atoms with E-state index in [1.807, 2.05) is 36.4 Å². The lowest BCUT2D eigenvalue weighted by molar-refractivity contribution is -0.0500. The molecule has 2 heterocycles. The molecule has 0 spiro atoms. The third-order valence-electron chi connectivity index (χ3n) is 5.70. The van der Waals surface area contributed by atoms with Crippen LogP contribution < -0.4 is 4.18 Å². The van der Waals surface area contributed by atoms with Gasteiger partial charge in [0, 0.05) is 44.8 Å². The summed E-state index contributed by atoms with van der Waals surface area (Å²) in [7, 11) is -5.77. The van der Waals surface area contributed by atoms with Gasteiger partial charge < -0.3 is 4.18 Å². The predicted octanol–water partition coefficient (Wildman–Crippen LogP) is 9.08. The Morgan fingerprint density at radius 1 is 0.714 bits per heavy atom. The molecule has 4 aromatic carbocycles. The zero-order valence-electron chi connectivity index (χ0n) is 17.4. The van der Waals surface area contributed by atoms with Gasteiger partial charge in [-0.05, 0) is 69.5 Å². The van der Waals surface area contributed by atoms with Crippen LogP contribution in [0, 0.1) is 0 Å². The maximum atomic E-state index is 12.8. The number of halogens is 4. The highest BCUT2D eigenvalue weighted by molar-refractivity contribution is 9.10. The Hall–Kier alpha value is -2.66. The topological polar surface area (TPSA) is 43.4 Å². The molecule has 0 radical (unpaired) electrons. The number of hydrogen-bond donors (Lipinski definition) is 0. The van der Waals surface area contributed by atoms with Gasteiger partial charge in [-0.1, -0.05) is 30.3 Å². The lowest BCUT2D eigenvalue weighted by Crippen LogP contribution is -2.28. The van der Waals surface area contributed by atoms with Crippen molar-refractivity contribution in [1.29, 1.82) is 0 Å². The van der Waals surface area contributed by atoms with E-state index in [0.29, 0.717) is 9.86 Å². The summed E-state index contributed by atoms with van der Waals surface area (Å²) in [6, 6.07) is 23.0. The molecule has 0 fully saturated rings. The molecule has 0 saturated carbocycles. The highest BCUT2D eigenvalue weighted by Gasteiger charge is 2.48. The van der Waals surface area contributed by atoms with E-state index in [9.17, 15) is 21.6 Å². The molecule has 0 N–H and O–H groups in total. The van der Waals surface area contributed by atoms with Crippen molar-refractivity contribution < 1.29 is 25.8 Å². The first-order valence-electron chi connectivity index (χ1n) is 10.2. The number of alkyl halides is 3. The Kier molecular flexibility index (Phi) is 5.16. The highest BCUT2D eigenvalue weighted by Crippen LogP contribution is 2.43. The number of hydrogen-bond acceptors (Lipinski definition) is 5. The molecule has 0 saturated heterocycles. The average Bonchev–Trinajstić information content (AvgIpc) is 3.36. The van der Waals surface area contributed by atoms with Gasteiger partial charge in [-0.25, -0.2) is 0 Å². The maximum absolute atomic E-state index is 12.8. The standard InChI is InChI=1S/C25H12BrF3O3S3/c26-20-12-15(32-35(30,31)25(27,28)29)11-19-18-10-14(6-8-23(18)34-24(19)20)13-5-7-22-17(9-13)16-3-1-2-4-21(16)33-22/h1-12H. The van der Waals surface area contributed by atoms with Crippen LogP contribution in [-0.2, 0) is 10.1 Å². The molecule has 0 aliphatic rings. The quantitative estimate of drug-likeness (QED) is 0.152. The molecule has 6 rings (SSSR count). The normalized spacial score (nSPS) is 12.8. The summed E-state index contributed by atoms with van der Waals surface area (Å²) >= 11 is 6.54. The van der Waals surface area contributed by atoms with Crippen molar-refractivity contribution in [3.63, 3.8) is 0 Å². The monoisotopic (exact) mass is 592 g/mol. The summed E-state index contributed by atoms with van der Waals surface area (Å²) in [5.74, 6) is -0.405. The Labute approximate surface area is 213 Å². The zero-order chi connectivity index (χ0) is 24.5. The molecule has 0 unspecified atom stereocenters. The first-order valence-corrected chi connectivity index (χ1v) is 14.0. The van der Waals surface area contributed by atoms with Crippen molar-refractivity contribution in [2.75, 3.05) is 0 Å². The number of thiophene rings is 2. The molecular formula is C25H12BrF3O3S3. The number of benzene rings is 4. The second-order valence-corrected chi connectivity index (χ2v) is 12.4. The molecule has 35 heavy (non-hydrogen) atoms. The summed E-state index contributed by atoms with van der Waals surface area (Å²) < 4.78 is 70.5. The van der Waals surface area contributed by atoms with Gasteiger partial charge >= 0.3 is 15.6 Å². The lowest BCUT2D eigenvalue weighted by Gasteiger charge is -2.10. The van der Waals surface area contributed by atoms with Crippen LogP contribution in [0.15, 0.2) is 77.3 Å². The Bertz CT molecular complexity index is 1900. The third kappa shape index (κ3) is 3.79. The van der Waals surface area contributed by atoms with Crippen molar-refractivity contribution in [3.05, 3.63) is 77.3 Å². The average molecular weight is 593 g/mol. The fourth-order valence-corrected chi connectivity index (χ4v) is 7.40. The van der Waals surface area contributed by atoms with Gasteiger partial charge in [0.05, 0.1) is 0 Å². The summed E-state index contributed by atoms with van der Waals surface area (Å²) in [6.07, 6.45) is 0. The maximum Gasteiger partial charge on any atom is 0.534 e. The van der Waals surface area contributed by atoms with E-state index < -0.39 is 21.4 Å². The minimum atomic E-state index is -5.77. The molecule has 0 atom stereocenters. The van der Waals surface area contributed by atoms with Crippen LogP contribution in [0.2, 0.25) is 0 Å². The molecule has 0 bridgehead atoms. The fraction of sp³-hybridized carbons (Fsp3) is 0.0400. The summed E-state index contributed by atoms with van der Waals surface area (Å²) in [6.45, 7) is 0. The molecule has 2 aromatic heterocycles. The molecule has 0 aliphatic carbocycles. The number of fused-ring (bicyclic) bond motifs is 6. The second kappa shape index (κ2) is 7.92. The van der Waals surface area contributed by atoms with Gasteiger partial charge in [-0.15, -0.1) is 22.7 Å². The summed E-state index contributed by atoms with van der Waals surface area (Å²) in [5, 5.41) is 3.76. The van der Waals surface area contributed by atoms with E-state index in [-0.39, 0.29) is 0 Å². The van der Waals surface area contributed by atoms with Gasteiger partial charge in [0.2, 0.25) is 0 Å². The summed E-state index contributed by atoms with van der Waals surface area (Å²) in [4.78, 5) is 0. The van der Waals surface area contributed by atoms with Crippen LogP contribution >= 0.6 is 38.6 Å². The zero-order valence-corrected chi connectivity index (χ0v) is 21.4. The van der Waals surface area contributed by atoms with Gasteiger partial charge in [0.1, 0.15) is 5.75 Å². The van der Waals surface area contributed by atoms with Crippen molar-refractivity contribution in [2.24, 2.45) is 0 Å². The molecule has 176 valence electrons. The minimum absolute atomic E-state index is 0.405. The number of rotatable bonds is 3. The molecule has 0 aliphatic heterocycles. The van der Waals surface area contributed by atoms with Crippen LogP contribution in [0.1, 0.15) is 0 Å². The van der Waals surface area contributed by atoms with Crippen LogP contribution in [0.4, 0.5) is 13.2 Å². The van der Waals surface area contributed by atoms with Gasteiger partial charge in [0.25, 0.3) is 0 Å². The molecular weight excluding hydrogens is 581 g/mol. The Balaban J connectivity index is 1.51. The molecule has 10 heteroatoms. The Morgan fingerprint density at radius 3 is 2.00 bits per heavy atom. The van der Waals surface area contributed by atoms with Gasteiger partial charge in [-0.3, -0.25) is 0 Å². The van der Waals surface area contributed by atoms with E-state index >= 15 is 0 Å². The van der Waals surface area contributed by atoms with Gasteiger partial charge in [0.15, 0.2) is 0 Å². The first kappa shape index (κ1) is 22.8. The van der Waals surface area contributed by atoms with E-state index in [0.717, 1.165) is 31.3 Å². The largest absolute Gasteiger partial charge is 0.534 e. The Morgan fingerprint density at radius 2 is 1.31 bits per heavy atom. The summed E-state index contributed by atoms with van der Waals surface area (Å²) in [5.41, 5.74) is -3.56. The fourth-order valence-electron chi connectivity index (χ4n) is 4.12. The van der Waals surface area contributed by atoms with Crippen LogP contribution in [0.5, 0.6) is 5.75 Å². The van der Waals surface area contributed by atoms with Gasteiger partial charge in [-0.2, -0.15) is 21.6 Å². The van der Waals surface area contributed by atoms with E-state index in [4.69, 9.17) is 0 Å². The van der Waals surface area contributed by atoms with Crippen LogP contribution in [-0.4, -0.2) is 13.9 Å².